The molecule has 0 fully saturated rings. The van der Waals surface area contributed by atoms with Gasteiger partial charge in [0.15, 0.2) is 0 Å². The van der Waals surface area contributed by atoms with Gasteiger partial charge in [0, 0.05) is 13.2 Å². The number of aliphatic hydroxyl groups is 2. The third kappa shape index (κ3) is 4.77. The predicted octanol–water partition coefficient (Wildman–Crippen LogP) is 1.17. The molecule has 0 aliphatic carbocycles. The van der Waals surface area contributed by atoms with E-state index in [1.54, 1.807) is 0 Å². The van der Waals surface area contributed by atoms with Crippen LogP contribution >= 0.6 is 0 Å². The molecule has 10 heavy (non-hydrogen) atoms. The maximum atomic E-state index is 8.60. The van der Waals surface area contributed by atoms with E-state index in [1.807, 2.05) is 0 Å². The van der Waals surface area contributed by atoms with Crippen molar-refractivity contribution in [3.63, 3.8) is 0 Å². The van der Waals surface area contributed by atoms with Gasteiger partial charge >= 0.3 is 0 Å². The Morgan fingerprint density at radius 1 is 1.10 bits per heavy atom. The first kappa shape index (κ1) is 9.92. The van der Waals surface area contributed by atoms with Gasteiger partial charge in [-0.1, -0.05) is 13.3 Å². The lowest BCUT2D eigenvalue weighted by Gasteiger charge is -2.11. The molecule has 2 heteroatoms. The molecular weight excluding hydrogens is 128 g/mol. The van der Waals surface area contributed by atoms with Crippen molar-refractivity contribution < 1.29 is 10.2 Å². The van der Waals surface area contributed by atoms with Crippen molar-refractivity contribution in [3.8, 4) is 0 Å². The molecule has 0 aliphatic rings. The van der Waals surface area contributed by atoms with Gasteiger partial charge in [-0.15, -0.1) is 0 Å². The standard InChI is InChI=1S/C8H18O2/c1-2-8(5-7-10)4-3-6-9/h8-10H,2-7H2,1H3/t8-/m1/s1. The molecule has 0 radical (unpaired) electrons. The molecule has 2 N–H and O–H groups in total. The lowest BCUT2D eigenvalue weighted by molar-refractivity contribution is 0.230. The molecule has 1 atom stereocenters. The van der Waals surface area contributed by atoms with Crippen LogP contribution in [0.5, 0.6) is 0 Å². The van der Waals surface area contributed by atoms with E-state index < -0.39 is 0 Å². The fourth-order valence-electron chi connectivity index (χ4n) is 1.12. The van der Waals surface area contributed by atoms with E-state index in [1.165, 1.54) is 0 Å². The largest absolute Gasteiger partial charge is 0.396 e. The van der Waals surface area contributed by atoms with Gasteiger partial charge < -0.3 is 10.2 Å². The van der Waals surface area contributed by atoms with Crippen LogP contribution in [0.2, 0.25) is 0 Å². The van der Waals surface area contributed by atoms with Crippen LogP contribution < -0.4 is 0 Å². The van der Waals surface area contributed by atoms with Crippen molar-refractivity contribution in [1.29, 1.82) is 0 Å². The summed E-state index contributed by atoms with van der Waals surface area (Å²) >= 11 is 0. The van der Waals surface area contributed by atoms with Crippen LogP contribution in [0.1, 0.15) is 32.6 Å². The smallest absolute Gasteiger partial charge is 0.0433 e. The van der Waals surface area contributed by atoms with Crippen molar-refractivity contribution in [3.05, 3.63) is 0 Å². The number of hydrogen-bond donors (Lipinski definition) is 2. The van der Waals surface area contributed by atoms with E-state index in [2.05, 4.69) is 6.92 Å². The second-order valence-electron chi connectivity index (χ2n) is 2.65. The quantitative estimate of drug-likeness (QED) is 0.590. The van der Waals surface area contributed by atoms with E-state index in [9.17, 15) is 0 Å². The Morgan fingerprint density at radius 2 is 1.80 bits per heavy atom. The molecule has 62 valence electrons. The Labute approximate surface area is 62.9 Å². The second-order valence-corrected chi connectivity index (χ2v) is 2.65. The minimum atomic E-state index is 0.280. The summed E-state index contributed by atoms with van der Waals surface area (Å²) in [5.74, 6) is 0.608. The zero-order chi connectivity index (χ0) is 7.82. The van der Waals surface area contributed by atoms with Gasteiger partial charge in [0.25, 0.3) is 0 Å². The van der Waals surface area contributed by atoms with Gasteiger partial charge in [0.1, 0.15) is 0 Å². The van der Waals surface area contributed by atoms with Crippen molar-refractivity contribution in [2.24, 2.45) is 5.92 Å². The van der Waals surface area contributed by atoms with Crippen LogP contribution in [0.25, 0.3) is 0 Å². The lowest BCUT2D eigenvalue weighted by atomic mass is 9.97. The highest BCUT2D eigenvalue weighted by molar-refractivity contribution is 4.55. The van der Waals surface area contributed by atoms with Crippen molar-refractivity contribution in [2.75, 3.05) is 13.2 Å². The number of hydrogen-bond acceptors (Lipinski definition) is 2. The normalized spacial score (nSPS) is 13.5. The summed E-state index contributed by atoms with van der Waals surface area (Å²) < 4.78 is 0. The molecule has 2 nitrogen and oxygen atoms in total. The van der Waals surface area contributed by atoms with Crippen LogP contribution in [0.3, 0.4) is 0 Å². The van der Waals surface area contributed by atoms with E-state index >= 15 is 0 Å². The molecule has 0 amide bonds. The van der Waals surface area contributed by atoms with E-state index in [0.717, 1.165) is 25.7 Å². The van der Waals surface area contributed by atoms with Gasteiger partial charge in [-0.25, -0.2) is 0 Å². The summed E-state index contributed by atoms with van der Waals surface area (Å²) in [5.41, 5.74) is 0. The summed E-state index contributed by atoms with van der Waals surface area (Å²) in [7, 11) is 0. The first-order chi connectivity index (χ1) is 4.85. The summed E-state index contributed by atoms with van der Waals surface area (Å²) in [6.45, 7) is 2.68. The van der Waals surface area contributed by atoms with Crippen LogP contribution in [-0.4, -0.2) is 23.4 Å². The maximum Gasteiger partial charge on any atom is 0.0433 e. The van der Waals surface area contributed by atoms with Gasteiger partial charge in [0.2, 0.25) is 0 Å². The molecule has 0 aromatic carbocycles. The molecule has 0 bridgehead atoms. The molecule has 0 saturated carbocycles. The Balaban J connectivity index is 3.21. The zero-order valence-electron chi connectivity index (χ0n) is 6.71. The Bertz CT molecular complexity index is 64.3. The van der Waals surface area contributed by atoms with Crippen LogP contribution in [0, 0.1) is 5.92 Å². The molecular formula is C8H18O2. The lowest BCUT2D eigenvalue weighted by Crippen LogP contribution is -2.02. The summed E-state index contributed by atoms with van der Waals surface area (Å²) in [4.78, 5) is 0. The topological polar surface area (TPSA) is 40.5 Å². The fourth-order valence-corrected chi connectivity index (χ4v) is 1.12. The molecule has 0 aliphatic heterocycles. The maximum absolute atomic E-state index is 8.60. The molecule has 0 aromatic heterocycles. The number of aliphatic hydroxyl groups excluding tert-OH is 2. The van der Waals surface area contributed by atoms with Crippen LogP contribution in [0.15, 0.2) is 0 Å². The van der Waals surface area contributed by atoms with Crippen LogP contribution in [-0.2, 0) is 0 Å². The molecule has 0 heterocycles. The highest BCUT2D eigenvalue weighted by Crippen LogP contribution is 2.13. The summed E-state index contributed by atoms with van der Waals surface area (Å²) in [6.07, 6.45) is 3.92. The highest BCUT2D eigenvalue weighted by Gasteiger charge is 2.03. The first-order valence-corrected chi connectivity index (χ1v) is 4.06. The second kappa shape index (κ2) is 7.03. The molecule has 0 aromatic rings. The Kier molecular flexibility index (Phi) is 6.98. The van der Waals surface area contributed by atoms with Gasteiger partial charge in [-0.2, -0.15) is 0 Å². The monoisotopic (exact) mass is 146 g/mol. The minimum absolute atomic E-state index is 0.280. The average Bonchev–Trinajstić information content (AvgIpc) is 1.98. The van der Waals surface area contributed by atoms with Crippen molar-refractivity contribution in [2.45, 2.75) is 32.6 Å². The average molecular weight is 146 g/mol. The van der Waals surface area contributed by atoms with E-state index in [0.29, 0.717) is 5.92 Å². The molecule has 0 unspecified atom stereocenters. The molecule has 0 spiro atoms. The van der Waals surface area contributed by atoms with Crippen LogP contribution in [0.4, 0.5) is 0 Å². The predicted molar refractivity (Wildman–Crippen MR) is 41.8 cm³/mol. The van der Waals surface area contributed by atoms with Gasteiger partial charge in [-0.05, 0) is 25.2 Å². The van der Waals surface area contributed by atoms with Gasteiger partial charge in [-0.3, -0.25) is 0 Å². The minimum Gasteiger partial charge on any atom is -0.396 e. The first-order valence-electron chi connectivity index (χ1n) is 4.06. The molecule has 0 rings (SSSR count). The highest BCUT2D eigenvalue weighted by atomic mass is 16.3. The van der Waals surface area contributed by atoms with E-state index in [-0.39, 0.29) is 13.2 Å². The Morgan fingerprint density at radius 3 is 2.20 bits per heavy atom. The third-order valence-corrected chi connectivity index (χ3v) is 1.89. The number of rotatable bonds is 6. The molecule has 0 saturated heterocycles. The third-order valence-electron chi connectivity index (χ3n) is 1.89. The van der Waals surface area contributed by atoms with E-state index in [4.69, 9.17) is 10.2 Å². The van der Waals surface area contributed by atoms with Gasteiger partial charge in [0.05, 0.1) is 0 Å². The zero-order valence-corrected chi connectivity index (χ0v) is 6.71. The fraction of sp³-hybridized carbons (Fsp3) is 1.00. The van der Waals surface area contributed by atoms with Crippen molar-refractivity contribution >= 4 is 0 Å². The SMILES string of the molecule is CC[C@@H](CCO)CCCO. The summed E-state index contributed by atoms with van der Waals surface area (Å²) in [6, 6.07) is 0. The summed E-state index contributed by atoms with van der Waals surface area (Å²) in [5, 5.41) is 17.1. The Hall–Kier alpha value is -0.0800. The van der Waals surface area contributed by atoms with Crippen molar-refractivity contribution in [1.82, 2.24) is 0 Å².